The molecular formula is C15H10O6. The van der Waals surface area contributed by atoms with Gasteiger partial charge in [0.15, 0.2) is 0 Å². The van der Waals surface area contributed by atoms with E-state index in [0.717, 1.165) is 0 Å². The summed E-state index contributed by atoms with van der Waals surface area (Å²) in [5.41, 5.74) is 0.309. The highest BCUT2D eigenvalue weighted by Crippen LogP contribution is 2.26. The van der Waals surface area contributed by atoms with Gasteiger partial charge in [0, 0.05) is 0 Å². The zero-order valence-corrected chi connectivity index (χ0v) is 10.6. The summed E-state index contributed by atoms with van der Waals surface area (Å²) in [6.45, 7) is 0. The molecule has 3 N–H and O–H groups in total. The lowest BCUT2D eigenvalue weighted by Crippen LogP contribution is -2.04. The number of carboxylic acid groups (broad SMARTS) is 3. The first kappa shape index (κ1) is 14.3. The van der Waals surface area contributed by atoms with Crippen LogP contribution in [0.25, 0.3) is 11.1 Å². The first-order valence-corrected chi connectivity index (χ1v) is 5.84. The van der Waals surface area contributed by atoms with Crippen molar-refractivity contribution in [2.75, 3.05) is 0 Å². The van der Waals surface area contributed by atoms with Gasteiger partial charge in [-0.3, -0.25) is 0 Å². The highest BCUT2D eigenvalue weighted by Gasteiger charge is 2.16. The predicted molar refractivity (Wildman–Crippen MR) is 72.8 cm³/mol. The van der Waals surface area contributed by atoms with Crippen molar-refractivity contribution in [3.05, 3.63) is 59.2 Å². The van der Waals surface area contributed by atoms with Gasteiger partial charge in [-0.25, -0.2) is 14.4 Å². The molecular weight excluding hydrogens is 276 g/mol. The largest absolute Gasteiger partial charge is 0.478 e. The maximum absolute atomic E-state index is 11.2. The summed E-state index contributed by atoms with van der Waals surface area (Å²) >= 11 is 0. The molecule has 0 heterocycles. The van der Waals surface area contributed by atoms with E-state index in [-0.39, 0.29) is 22.3 Å². The predicted octanol–water partition coefficient (Wildman–Crippen LogP) is 2.45. The van der Waals surface area contributed by atoms with Crippen molar-refractivity contribution in [1.82, 2.24) is 0 Å². The van der Waals surface area contributed by atoms with Crippen LogP contribution < -0.4 is 0 Å². The van der Waals surface area contributed by atoms with Crippen LogP contribution in [-0.4, -0.2) is 33.2 Å². The van der Waals surface area contributed by atoms with Gasteiger partial charge in [-0.1, -0.05) is 12.1 Å². The van der Waals surface area contributed by atoms with Gasteiger partial charge in [-0.15, -0.1) is 0 Å². The second kappa shape index (κ2) is 5.46. The molecule has 2 aromatic carbocycles. The summed E-state index contributed by atoms with van der Waals surface area (Å²) in [5, 5.41) is 27.1. The Morgan fingerprint density at radius 3 is 1.90 bits per heavy atom. The first-order chi connectivity index (χ1) is 9.90. The van der Waals surface area contributed by atoms with E-state index in [1.54, 1.807) is 0 Å². The van der Waals surface area contributed by atoms with Crippen molar-refractivity contribution in [3.8, 4) is 11.1 Å². The van der Waals surface area contributed by atoms with E-state index >= 15 is 0 Å². The number of benzene rings is 2. The second-order valence-electron chi connectivity index (χ2n) is 4.26. The van der Waals surface area contributed by atoms with Crippen LogP contribution in [0.5, 0.6) is 0 Å². The van der Waals surface area contributed by atoms with Gasteiger partial charge in [0.1, 0.15) is 0 Å². The third-order valence-electron chi connectivity index (χ3n) is 2.92. The van der Waals surface area contributed by atoms with E-state index in [1.165, 1.54) is 42.5 Å². The molecule has 0 saturated heterocycles. The van der Waals surface area contributed by atoms with Crippen LogP contribution in [-0.2, 0) is 0 Å². The van der Waals surface area contributed by atoms with Crippen molar-refractivity contribution in [2.24, 2.45) is 0 Å². The average Bonchev–Trinajstić information content (AvgIpc) is 2.46. The maximum Gasteiger partial charge on any atom is 0.336 e. The number of rotatable bonds is 4. The van der Waals surface area contributed by atoms with E-state index < -0.39 is 17.9 Å². The molecule has 0 spiro atoms. The molecule has 0 unspecified atom stereocenters. The molecule has 0 aliphatic heterocycles. The van der Waals surface area contributed by atoms with E-state index in [1.807, 2.05) is 0 Å². The molecule has 2 rings (SSSR count). The van der Waals surface area contributed by atoms with Crippen LogP contribution in [0.4, 0.5) is 0 Å². The maximum atomic E-state index is 11.2. The first-order valence-electron chi connectivity index (χ1n) is 5.84. The van der Waals surface area contributed by atoms with Crippen molar-refractivity contribution in [2.45, 2.75) is 0 Å². The fourth-order valence-electron chi connectivity index (χ4n) is 1.92. The normalized spacial score (nSPS) is 10.1. The van der Waals surface area contributed by atoms with Crippen LogP contribution in [0.1, 0.15) is 31.1 Å². The van der Waals surface area contributed by atoms with Crippen LogP contribution >= 0.6 is 0 Å². The minimum absolute atomic E-state index is 0.00966. The fraction of sp³-hybridized carbons (Fsp3) is 0. The molecule has 0 amide bonds. The fourth-order valence-corrected chi connectivity index (χ4v) is 1.92. The lowest BCUT2D eigenvalue weighted by Gasteiger charge is -2.08. The zero-order valence-electron chi connectivity index (χ0n) is 10.6. The van der Waals surface area contributed by atoms with Gasteiger partial charge in [0.2, 0.25) is 0 Å². The van der Waals surface area contributed by atoms with E-state index in [9.17, 15) is 19.5 Å². The van der Waals surface area contributed by atoms with Crippen LogP contribution in [0.3, 0.4) is 0 Å². The number of hydrogen-bond acceptors (Lipinski definition) is 3. The highest BCUT2D eigenvalue weighted by atomic mass is 16.4. The Balaban J connectivity index is 2.68. The Labute approximate surface area is 118 Å². The van der Waals surface area contributed by atoms with Gasteiger partial charge in [0.05, 0.1) is 16.7 Å². The quantitative estimate of drug-likeness (QED) is 0.795. The molecule has 2 aromatic rings. The summed E-state index contributed by atoms with van der Waals surface area (Å²) in [6.07, 6.45) is 0. The van der Waals surface area contributed by atoms with Gasteiger partial charge in [0.25, 0.3) is 0 Å². The van der Waals surface area contributed by atoms with E-state index in [2.05, 4.69) is 0 Å². The third kappa shape index (κ3) is 2.89. The molecule has 21 heavy (non-hydrogen) atoms. The Morgan fingerprint density at radius 2 is 1.33 bits per heavy atom. The smallest absolute Gasteiger partial charge is 0.336 e. The molecule has 0 aliphatic carbocycles. The number of aromatic carboxylic acids is 3. The van der Waals surface area contributed by atoms with Gasteiger partial charge in [-0.2, -0.15) is 0 Å². The van der Waals surface area contributed by atoms with E-state index in [4.69, 9.17) is 10.2 Å². The van der Waals surface area contributed by atoms with Gasteiger partial charge in [-0.05, 0) is 41.5 Å². The molecule has 6 heteroatoms. The molecule has 106 valence electrons. The SMILES string of the molecule is O=C(O)c1cccc(-c2cc(C(=O)O)ccc2C(=O)O)c1. The Hall–Kier alpha value is -3.15. The van der Waals surface area contributed by atoms with E-state index in [0.29, 0.717) is 5.56 Å². The molecule has 0 aromatic heterocycles. The van der Waals surface area contributed by atoms with Crippen molar-refractivity contribution < 1.29 is 29.7 Å². The number of carbonyl (C=O) groups is 3. The Kier molecular flexibility index (Phi) is 3.71. The molecule has 0 fully saturated rings. The molecule has 0 saturated carbocycles. The van der Waals surface area contributed by atoms with Crippen molar-refractivity contribution in [3.63, 3.8) is 0 Å². The molecule has 6 nitrogen and oxygen atoms in total. The minimum Gasteiger partial charge on any atom is -0.478 e. The molecule has 0 atom stereocenters. The average molecular weight is 286 g/mol. The Bertz CT molecular complexity index is 748. The number of hydrogen-bond donors (Lipinski definition) is 3. The molecule has 0 aliphatic rings. The van der Waals surface area contributed by atoms with Crippen LogP contribution in [0.2, 0.25) is 0 Å². The lowest BCUT2D eigenvalue weighted by molar-refractivity contribution is 0.0681. The lowest BCUT2D eigenvalue weighted by atomic mass is 9.96. The summed E-state index contributed by atoms with van der Waals surface area (Å²) in [7, 11) is 0. The minimum atomic E-state index is -1.22. The Morgan fingerprint density at radius 1 is 0.714 bits per heavy atom. The summed E-state index contributed by atoms with van der Waals surface area (Å²) in [6, 6.07) is 9.26. The monoisotopic (exact) mass is 286 g/mol. The van der Waals surface area contributed by atoms with Crippen molar-refractivity contribution in [1.29, 1.82) is 0 Å². The van der Waals surface area contributed by atoms with Gasteiger partial charge < -0.3 is 15.3 Å². The van der Waals surface area contributed by atoms with Crippen molar-refractivity contribution >= 4 is 17.9 Å². The zero-order chi connectivity index (χ0) is 15.6. The third-order valence-corrected chi connectivity index (χ3v) is 2.92. The second-order valence-corrected chi connectivity index (χ2v) is 4.26. The summed E-state index contributed by atoms with van der Waals surface area (Å²) < 4.78 is 0. The standard InChI is InChI=1S/C15H10O6/c16-13(17)9-3-1-2-8(6-9)12-7-10(14(18)19)4-5-11(12)15(20)21/h1-7H,(H,16,17)(H,18,19)(H,20,21). The summed E-state index contributed by atoms with van der Waals surface area (Å²) in [4.78, 5) is 33.2. The van der Waals surface area contributed by atoms with Crippen LogP contribution in [0.15, 0.2) is 42.5 Å². The summed E-state index contributed by atoms with van der Waals surface area (Å²) in [5.74, 6) is -3.56. The van der Waals surface area contributed by atoms with Gasteiger partial charge >= 0.3 is 17.9 Å². The molecule has 0 bridgehead atoms. The molecule has 0 radical (unpaired) electrons. The topological polar surface area (TPSA) is 112 Å². The van der Waals surface area contributed by atoms with Crippen LogP contribution in [0, 0.1) is 0 Å². The highest BCUT2D eigenvalue weighted by molar-refractivity contribution is 6.00. The number of carboxylic acids is 3.